The number of methoxy groups -OCH3 is 1. The summed E-state index contributed by atoms with van der Waals surface area (Å²) in [5, 5.41) is 12.0. The summed E-state index contributed by atoms with van der Waals surface area (Å²) in [5.41, 5.74) is 1.70. The number of anilines is 2. The topological polar surface area (TPSA) is 61.5 Å². The van der Waals surface area contributed by atoms with Gasteiger partial charge in [0.25, 0.3) is 0 Å². The van der Waals surface area contributed by atoms with Crippen molar-refractivity contribution in [3.63, 3.8) is 0 Å². The van der Waals surface area contributed by atoms with Crippen LogP contribution in [0.3, 0.4) is 0 Å². The van der Waals surface area contributed by atoms with Crippen molar-refractivity contribution in [2.24, 2.45) is 0 Å². The van der Waals surface area contributed by atoms with Crippen LogP contribution in [0, 0.1) is 5.41 Å². The predicted molar refractivity (Wildman–Crippen MR) is 97.1 cm³/mol. The van der Waals surface area contributed by atoms with E-state index < -0.39 is 0 Å². The van der Waals surface area contributed by atoms with Gasteiger partial charge in [-0.2, -0.15) is 0 Å². The number of fused-ring (bicyclic) bond motifs is 1. The number of unbranched alkanes of at least 4 members (excludes halogenated alkanes) is 2. The monoisotopic (exact) mass is 325 g/mol. The van der Waals surface area contributed by atoms with Gasteiger partial charge in [0.2, 0.25) is 5.88 Å². The van der Waals surface area contributed by atoms with Gasteiger partial charge in [0, 0.05) is 5.69 Å². The van der Waals surface area contributed by atoms with E-state index >= 15 is 0 Å². The zero-order valence-electron chi connectivity index (χ0n) is 14.1. The molecule has 2 N–H and O–H groups in total. The summed E-state index contributed by atoms with van der Waals surface area (Å²) in [7, 11) is 1.65. The number of hydrogen-bond donors (Lipinski definition) is 2. The van der Waals surface area contributed by atoms with E-state index in [9.17, 15) is 0 Å². The lowest BCUT2D eigenvalue weighted by atomic mass is 10.1. The number of hydrogen-bond acceptors (Lipinski definition) is 4. The maximum Gasteiger partial charge on any atom is 0.205 e. The molecule has 1 aliphatic rings. The Bertz CT molecular complexity index is 718. The van der Waals surface area contributed by atoms with Gasteiger partial charge in [0.1, 0.15) is 17.8 Å². The van der Waals surface area contributed by atoms with Gasteiger partial charge in [0.15, 0.2) is 0 Å². The molecule has 0 saturated heterocycles. The third-order valence-corrected chi connectivity index (χ3v) is 4.11. The molecule has 5 heteroatoms. The summed E-state index contributed by atoms with van der Waals surface area (Å²) < 4.78 is 10.7. The quantitative estimate of drug-likeness (QED) is 0.601. The molecule has 0 radical (unpaired) electrons. The molecule has 0 amide bonds. The highest BCUT2D eigenvalue weighted by molar-refractivity contribution is 6.13. The number of furan rings is 1. The number of ether oxygens (including phenoxy) is 1. The SMILES string of the molecule is CCCC/C=C/C1Nc2occc2C(=N)N1c1ccc(OC)cc1. The van der Waals surface area contributed by atoms with E-state index in [0.29, 0.717) is 11.7 Å². The zero-order valence-corrected chi connectivity index (χ0v) is 14.1. The van der Waals surface area contributed by atoms with Crippen molar-refractivity contribution in [1.29, 1.82) is 5.41 Å². The van der Waals surface area contributed by atoms with Crippen LogP contribution in [0.5, 0.6) is 5.75 Å². The minimum atomic E-state index is -0.151. The fourth-order valence-electron chi connectivity index (χ4n) is 2.79. The molecule has 0 bridgehead atoms. The van der Waals surface area contributed by atoms with Crippen molar-refractivity contribution in [3.8, 4) is 5.75 Å². The van der Waals surface area contributed by atoms with Gasteiger partial charge >= 0.3 is 0 Å². The van der Waals surface area contributed by atoms with Crippen molar-refractivity contribution >= 4 is 17.4 Å². The lowest BCUT2D eigenvalue weighted by Crippen LogP contribution is -2.47. The van der Waals surface area contributed by atoms with Gasteiger partial charge in [-0.15, -0.1) is 0 Å². The Kier molecular flexibility index (Phi) is 4.89. The average molecular weight is 325 g/mol. The van der Waals surface area contributed by atoms with Gasteiger partial charge < -0.3 is 19.4 Å². The summed E-state index contributed by atoms with van der Waals surface area (Å²) >= 11 is 0. The molecule has 1 unspecified atom stereocenters. The van der Waals surface area contributed by atoms with E-state index in [1.165, 1.54) is 6.42 Å². The molecule has 0 saturated carbocycles. The molecule has 0 fully saturated rings. The van der Waals surface area contributed by atoms with Crippen molar-refractivity contribution in [1.82, 2.24) is 0 Å². The molecule has 5 nitrogen and oxygen atoms in total. The highest BCUT2D eigenvalue weighted by Crippen LogP contribution is 2.31. The lowest BCUT2D eigenvalue weighted by Gasteiger charge is -2.36. The van der Waals surface area contributed by atoms with Crippen LogP contribution in [-0.4, -0.2) is 19.1 Å². The van der Waals surface area contributed by atoms with E-state index in [0.717, 1.165) is 29.8 Å². The molecule has 1 aromatic carbocycles. The normalized spacial score (nSPS) is 17.0. The Morgan fingerprint density at radius 2 is 2.08 bits per heavy atom. The summed E-state index contributed by atoms with van der Waals surface area (Å²) in [4.78, 5) is 1.96. The van der Waals surface area contributed by atoms with Crippen LogP contribution >= 0.6 is 0 Å². The van der Waals surface area contributed by atoms with Gasteiger partial charge in [-0.1, -0.05) is 25.8 Å². The number of nitrogens with one attached hydrogen (secondary N) is 2. The summed E-state index contributed by atoms with van der Waals surface area (Å²) in [5.74, 6) is 1.87. The van der Waals surface area contributed by atoms with E-state index in [-0.39, 0.29) is 6.17 Å². The van der Waals surface area contributed by atoms with Crippen molar-refractivity contribution in [2.45, 2.75) is 32.4 Å². The van der Waals surface area contributed by atoms with Gasteiger partial charge in [-0.25, -0.2) is 0 Å². The van der Waals surface area contributed by atoms with Crippen LogP contribution in [-0.2, 0) is 0 Å². The van der Waals surface area contributed by atoms with Gasteiger partial charge in [0.05, 0.1) is 18.9 Å². The van der Waals surface area contributed by atoms with Crippen LogP contribution in [0.25, 0.3) is 0 Å². The Labute approximate surface area is 142 Å². The molecule has 3 rings (SSSR count). The summed E-state index contributed by atoms with van der Waals surface area (Å²) in [6.07, 6.45) is 9.09. The molecular weight excluding hydrogens is 302 g/mol. The fourth-order valence-corrected chi connectivity index (χ4v) is 2.79. The number of rotatable bonds is 6. The standard InChI is InChI=1S/C19H23N3O2/c1-3-4-5-6-7-17-21-19-16(12-13-24-19)18(20)22(17)14-8-10-15(23-2)11-9-14/h6-13,17,20-21H,3-5H2,1-2H3/b7-6+,20-18?. The third-order valence-electron chi connectivity index (χ3n) is 4.11. The van der Waals surface area contributed by atoms with Gasteiger partial charge in [-0.05, 0) is 42.8 Å². The van der Waals surface area contributed by atoms with Crippen LogP contribution in [0.1, 0.15) is 31.7 Å². The van der Waals surface area contributed by atoms with Crippen molar-refractivity contribution in [2.75, 3.05) is 17.3 Å². The van der Waals surface area contributed by atoms with E-state index in [1.54, 1.807) is 13.4 Å². The molecule has 2 aromatic rings. The van der Waals surface area contributed by atoms with Crippen molar-refractivity contribution < 1.29 is 9.15 Å². The summed E-state index contributed by atoms with van der Waals surface area (Å²) in [6, 6.07) is 9.56. The number of allylic oxidation sites excluding steroid dienone is 1. The Morgan fingerprint density at radius 3 is 2.79 bits per heavy atom. The molecule has 2 heterocycles. The molecular formula is C19H23N3O2. The second-order valence-electron chi connectivity index (χ2n) is 5.74. The first-order chi connectivity index (χ1) is 11.7. The highest BCUT2D eigenvalue weighted by atomic mass is 16.5. The average Bonchev–Trinajstić information content (AvgIpc) is 3.08. The Balaban J connectivity index is 1.91. The maximum absolute atomic E-state index is 8.59. The smallest absolute Gasteiger partial charge is 0.205 e. The second-order valence-corrected chi connectivity index (χ2v) is 5.74. The van der Waals surface area contributed by atoms with Crippen LogP contribution in [0.15, 0.2) is 53.2 Å². The third kappa shape index (κ3) is 3.15. The second kappa shape index (κ2) is 7.25. The number of amidine groups is 1. The van der Waals surface area contributed by atoms with Gasteiger partial charge in [-0.3, -0.25) is 5.41 Å². The lowest BCUT2D eigenvalue weighted by molar-refractivity contribution is 0.415. The minimum Gasteiger partial charge on any atom is -0.497 e. The van der Waals surface area contributed by atoms with Crippen LogP contribution in [0.4, 0.5) is 11.6 Å². The Morgan fingerprint density at radius 1 is 1.29 bits per heavy atom. The van der Waals surface area contributed by atoms with Crippen molar-refractivity contribution in [3.05, 3.63) is 54.3 Å². The first-order valence-electron chi connectivity index (χ1n) is 8.27. The molecule has 1 atom stereocenters. The first kappa shape index (κ1) is 16.2. The molecule has 0 spiro atoms. The van der Waals surface area contributed by atoms with E-state index in [1.807, 2.05) is 35.2 Å². The fraction of sp³-hybridized carbons (Fsp3) is 0.316. The largest absolute Gasteiger partial charge is 0.497 e. The van der Waals surface area contributed by atoms with Crippen LogP contribution < -0.4 is 15.0 Å². The molecule has 126 valence electrons. The van der Waals surface area contributed by atoms with E-state index in [4.69, 9.17) is 14.6 Å². The Hall–Kier alpha value is -2.69. The molecule has 1 aromatic heterocycles. The molecule has 0 aliphatic carbocycles. The predicted octanol–water partition coefficient (Wildman–Crippen LogP) is 4.62. The molecule has 24 heavy (non-hydrogen) atoms. The summed E-state index contributed by atoms with van der Waals surface area (Å²) in [6.45, 7) is 2.18. The first-order valence-corrected chi connectivity index (χ1v) is 8.27. The molecule has 1 aliphatic heterocycles. The number of benzene rings is 1. The minimum absolute atomic E-state index is 0.151. The number of nitrogens with zero attached hydrogens (tertiary/aromatic N) is 1. The van der Waals surface area contributed by atoms with Crippen LogP contribution in [0.2, 0.25) is 0 Å². The zero-order chi connectivity index (χ0) is 16.9. The van der Waals surface area contributed by atoms with E-state index in [2.05, 4.69) is 24.4 Å². The maximum atomic E-state index is 8.59. The highest BCUT2D eigenvalue weighted by Gasteiger charge is 2.31.